The highest BCUT2D eigenvalue weighted by atomic mass is 19.1. The third-order valence-electron chi connectivity index (χ3n) is 3.46. The monoisotopic (exact) mass is 252 g/mol. The minimum Gasteiger partial charge on any atom is -0.374 e. The Balaban J connectivity index is 2.09. The van der Waals surface area contributed by atoms with Crippen LogP contribution in [0.15, 0.2) is 18.2 Å². The number of morpholine rings is 1. The molecule has 1 aliphatic rings. The molecule has 1 unspecified atom stereocenters. The van der Waals surface area contributed by atoms with Crippen LogP contribution in [0.25, 0.3) is 0 Å². The zero-order valence-electron chi connectivity index (χ0n) is 10.9. The Hall–Kier alpha value is -0.970. The molecule has 1 atom stereocenters. The van der Waals surface area contributed by atoms with Gasteiger partial charge in [-0.15, -0.1) is 0 Å². The maximum absolute atomic E-state index is 13.9. The van der Waals surface area contributed by atoms with Crippen LogP contribution in [0.1, 0.15) is 18.1 Å². The Bertz CT molecular complexity index is 397. The van der Waals surface area contributed by atoms with E-state index in [4.69, 9.17) is 10.5 Å². The van der Waals surface area contributed by atoms with Crippen molar-refractivity contribution in [2.24, 2.45) is 5.73 Å². The number of rotatable bonds is 4. The van der Waals surface area contributed by atoms with E-state index in [1.54, 1.807) is 6.07 Å². The van der Waals surface area contributed by atoms with Crippen LogP contribution >= 0.6 is 0 Å². The predicted molar refractivity (Wildman–Crippen MR) is 69.8 cm³/mol. The Morgan fingerprint density at radius 1 is 1.50 bits per heavy atom. The maximum Gasteiger partial charge on any atom is 0.127 e. The van der Waals surface area contributed by atoms with E-state index in [1.165, 1.54) is 6.07 Å². The molecule has 0 bridgehead atoms. The molecule has 1 aromatic rings. The number of hydrogen-bond acceptors (Lipinski definition) is 3. The third kappa shape index (κ3) is 3.07. The summed E-state index contributed by atoms with van der Waals surface area (Å²) in [6.45, 7) is 5.53. The zero-order chi connectivity index (χ0) is 13.0. The standard InChI is InChI=1S/C14H21FN2O/c1-2-11-4-3-5-14(15)13(11)10-17-6-7-18-12(8-16)9-17/h3-5,12H,2,6-10,16H2,1H3. The van der Waals surface area contributed by atoms with Crippen LogP contribution in [0.5, 0.6) is 0 Å². The van der Waals surface area contributed by atoms with E-state index in [9.17, 15) is 4.39 Å². The number of hydrogen-bond donors (Lipinski definition) is 1. The second-order valence-electron chi connectivity index (χ2n) is 4.69. The van der Waals surface area contributed by atoms with E-state index in [0.717, 1.165) is 30.6 Å². The van der Waals surface area contributed by atoms with Gasteiger partial charge >= 0.3 is 0 Å². The van der Waals surface area contributed by atoms with E-state index in [-0.39, 0.29) is 11.9 Å². The highest BCUT2D eigenvalue weighted by Gasteiger charge is 2.20. The van der Waals surface area contributed by atoms with Crippen molar-refractivity contribution >= 4 is 0 Å². The maximum atomic E-state index is 13.9. The molecule has 2 N–H and O–H groups in total. The zero-order valence-corrected chi connectivity index (χ0v) is 10.9. The van der Waals surface area contributed by atoms with Crippen molar-refractivity contribution in [1.82, 2.24) is 4.90 Å². The van der Waals surface area contributed by atoms with Crippen molar-refractivity contribution in [1.29, 1.82) is 0 Å². The lowest BCUT2D eigenvalue weighted by atomic mass is 10.0. The highest BCUT2D eigenvalue weighted by molar-refractivity contribution is 5.28. The summed E-state index contributed by atoms with van der Waals surface area (Å²) in [7, 11) is 0. The van der Waals surface area contributed by atoms with Crippen LogP contribution in [0.4, 0.5) is 4.39 Å². The number of aryl methyl sites for hydroxylation is 1. The summed E-state index contributed by atoms with van der Waals surface area (Å²) in [5.41, 5.74) is 7.53. The highest BCUT2D eigenvalue weighted by Crippen LogP contribution is 2.18. The summed E-state index contributed by atoms with van der Waals surface area (Å²) < 4.78 is 19.4. The van der Waals surface area contributed by atoms with Crippen LogP contribution < -0.4 is 5.73 Å². The fraction of sp³-hybridized carbons (Fsp3) is 0.571. The Morgan fingerprint density at radius 3 is 3.06 bits per heavy atom. The second kappa shape index (κ2) is 6.27. The number of ether oxygens (including phenoxy) is 1. The van der Waals surface area contributed by atoms with E-state index in [2.05, 4.69) is 11.8 Å². The van der Waals surface area contributed by atoms with Crippen molar-refractivity contribution in [3.8, 4) is 0 Å². The van der Waals surface area contributed by atoms with Gasteiger partial charge in [-0.1, -0.05) is 19.1 Å². The molecular weight excluding hydrogens is 231 g/mol. The first-order chi connectivity index (χ1) is 8.74. The molecule has 0 spiro atoms. The third-order valence-corrected chi connectivity index (χ3v) is 3.46. The first kappa shape index (κ1) is 13.5. The quantitative estimate of drug-likeness (QED) is 0.883. The van der Waals surface area contributed by atoms with Gasteiger partial charge in [0.1, 0.15) is 5.82 Å². The van der Waals surface area contributed by atoms with Gasteiger partial charge in [-0.2, -0.15) is 0 Å². The van der Waals surface area contributed by atoms with E-state index >= 15 is 0 Å². The second-order valence-corrected chi connectivity index (χ2v) is 4.69. The summed E-state index contributed by atoms with van der Waals surface area (Å²) in [5.74, 6) is -0.106. The lowest BCUT2D eigenvalue weighted by molar-refractivity contribution is -0.0264. The van der Waals surface area contributed by atoms with Gasteiger partial charge in [-0.3, -0.25) is 4.90 Å². The Kier molecular flexibility index (Phi) is 4.69. The minimum atomic E-state index is -0.106. The van der Waals surface area contributed by atoms with Crippen molar-refractivity contribution in [3.63, 3.8) is 0 Å². The Morgan fingerprint density at radius 2 is 2.33 bits per heavy atom. The summed E-state index contributed by atoms with van der Waals surface area (Å²) >= 11 is 0. The van der Waals surface area contributed by atoms with Crippen molar-refractivity contribution in [2.45, 2.75) is 26.0 Å². The first-order valence-electron chi connectivity index (χ1n) is 6.55. The summed E-state index contributed by atoms with van der Waals surface area (Å²) in [5, 5.41) is 0. The van der Waals surface area contributed by atoms with Crippen molar-refractivity contribution in [2.75, 3.05) is 26.2 Å². The van der Waals surface area contributed by atoms with Crippen LogP contribution in [-0.2, 0) is 17.7 Å². The van der Waals surface area contributed by atoms with Crippen molar-refractivity contribution < 1.29 is 9.13 Å². The average molecular weight is 252 g/mol. The van der Waals surface area contributed by atoms with Gasteiger partial charge in [0.2, 0.25) is 0 Å². The minimum absolute atomic E-state index is 0.0793. The molecule has 1 saturated heterocycles. The average Bonchev–Trinajstić information content (AvgIpc) is 2.41. The molecular formula is C14H21FN2O. The van der Waals surface area contributed by atoms with E-state index in [0.29, 0.717) is 19.7 Å². The smallest absolute Gasteiger partial charge is 0.127 e. The summed E-state index contributed by atoms with van der Waals surface area (Å²) in [6.07, 6.45) is 0.938. The predicted octanol–water partition coefficient (Wildman–Crippen LogP) is 1.55. The van der Waals surface area contributed by atoms with Crippen LogP contribution in [0.2, 0.25) is 0 Å². The van der Waals surface area contributed by atoms with E-state index < -0.39 is 0 Å². The molecule has 0 amide bonds. The van der Waals surface area contributed by atoms with Crippen molar-refractivity contribution in [3.05, 3.63) is 35.1 Å². The molecule has 4 heteroatoms. The van der Waals surface area contributed by atoms with Gasteiger partial charge in [0, 0.05) is 31.7 Å². The molecule has 0 saturated carbocycles. The van der Waals surface area contributed by atoms with Gasteiger partial charge < -0.3 is 10.5 Å². The number of nitrogens with zero attached hydrogens (tertiary/aromatic N) is 1. The molecule has 18 heavy (non-hydrogen) atoms. The molecule has 1 heterocycles. The molecule has 1 aliphatic heterocycles. The molecule has 2 rings (SSSR count). The van der Waals surface area contributed by atoms with Gasteiger partial charge in [0.25, 0.3) is 0 Å². The number of nitrogens with two attached hydrogens (primary N) is 1. The number of benzene rings is 1. The topological polar surface area (TPSA) is 38.5 Å². The van der Waals surface area contributed by atoms with Gasteiger partial charge in [0.05, 0.1) is 12.7 Å². The van der Waals surface area contributed by atoms with Crippen LogP contribution in [0.3, 0.4) is 0 Å². The van der Waals surface area contributed by atoms with Crippen LogP contribution in [0, 0.1) is 5.82 Å². The molecule has 0 radical (unpaired) electrons. The van der Waals surface area contributed by atoms with Gasteiger partial charge in [-0.25, -0.2) is 4.39 Å². The fourth-order valence-electron chi connectivity index (χ4n) is 2.40. The largest absolute Gasteiger partial charge is 0.374 e. The molecule has 0 aliphatic carbocycles. The van der Waals surface area contributed by atoms with Gasteiger partial charge in [0.15, 0.2) is 0 Å². The fourth-order valence-corrected chi connectivity index (χ4v) is 2.40. The SMILES string of the molecule is CCc1cccc(F)c1CN1CCOC(CN)C1. The number of halogens is 1. The van der Waals surface area contributed by atoms with E-state index in [1.807, 2.05) is 6.07 Å². The molecule has 1 aromatic carbocycles. The molecule has 3 nitrogen and oxygen atoms in total. The molecule has 1 fully saturated rings. The van der Waals surface area contributed by atoms with Crippen LogP contribution in [-0.4, -0.2) is 37.2 Å². The lowest BCUT2D eigenvalue weighted by Crippen LogP contribution is -2.45. The Labute approximate surface area is 108 Å². The summed E-state index contributed by atoms with van der Waals surface area (Å²) in [4.78, 5) is 2.22. The lowest BCUT2D eigenvalue weighted by Gasteiger charge is -2.32. The van der Waals surface area contributed by atoms with Gasteiger partial charge in [-0.05, 0) is 18.1 Å². The normalized spacial score (nSPS) is 21.2. The molecule has 0 aromatic heterocycles. The summed E-state index contributed by atoms with van der Waals surface area (Å²) in [6, 6.07) is 5.31. The molecule has 100 valence electrons. The first-order valence-corrected chi connectivity index (χ1v) is 6.55.